The number of aromatic hydroxyl groups is 1. The lowest BCUT2D eigenvalue weighted by Gasteiger charge is -2.10. The molecule has 1 unspecified atom stereocenters. The van der Waals surface area contributed by atoms with Gasteiger partial charge in [0.25, 0.3) is 0 Å². The summed E-state index contributed by atoms with van der Waals surface area (Å²) in [6.07, 6.45) is 0. The summed E-state index contributed by atoms with van der Waals surface area (Å²) in [6, 6.07) is 11.4. The van der Waals surface area contributed by atoms with Gasteiger partial charge in [-0.2, -0.15) is 0 Å². The molecule has 0 radical (unpaired) electrons. The van der Waals surface area contributed by atoms with Crippen LogP contribution in [0.2, 0.25) is 5.02 Å². The molecule has 19 heavy (non-hydrogen) atoms. The molecule has 0 saturated carbocycles. The summed E-state index contributed by atoms with van der Waals surface area (Å²) in [4.78, 5) is 0.233. The maximum absolute atomic E-state index is 10.7. The quantitative estimate of drug-likeness (QED) is 0.851. The van der Waals surface area contributed by atoms with Crippen LogP contribution < -0.4 is 5.32 Å². The van der Waals surface area contributed by atoms with Gasteiger partial charge >= 0.3 is 0 Å². The van der Waals surface area contributed by atoms with Crippen LogP contribution in [-0.4, -0.2) is 13.9 Å². The summed E-state index contributed by atoms with van der Waals surface area (Å²) >= 11 is 3.59. The van der Waals surface area contributed by atoms with E-state index in [9.17, 15) is 13.9 Å². The van der Waals surface area contributed by atoms with E-state index in [0.717, 1.165) is 5.69 Å². The molecule has 0 fully saturated rings. The van der Waals surface area contributed by atoms with E-state index in [1.165, 1.54) is 12.1 Å². The van der Waals surface area contributed by atoms with Crippen molar-refractivity contribution in [3.8, 4) is 5.75 Å². The lowest BCUT2D eigenvalue weighted by Crippen LogP contribution is -2.00. The highest BCUT2D eigenvalue weighted by Crippen LogP contribution is 2.27. The molecule has 0 aliphatic rings. The molecule has 0 aliphatic carbocycles. The van der Waals surface area contributed by atoms with E-state index in [1.807, 2.05) is 0 Å². The van der Waals surface area contributed by atoms with Crippen LogP contribution in [-0.2, 0) is 17.6 Å². The molecular formula is C13H11ClNO3S-. The first-order valence-corrected chi connectivity index (χ1v) is 6.93. The summed E-state index contributed by atoms with van der Waals surface area (Å²) in [5.74, 6) is 0.0500. The van der Waals surface area contributed by atoms with Gasteiger partial charge in [0.15, 0.2) is 0 Å². The molecule has 0 heterocycles. The average molecular weight is 297 g/mol. The molecule has 0 aromatic heterocycles. The van der Waals surface area contributed by atoms with Gasteiger partial charge in [0, 0.05) is 22.7 Å². The Balaban J connectivity index is 2.06. The first kappa shape index (κ1) is 13.9. The second kappa shape index (κ2) is 6.06. The standard InChI is InChI=1S/C13H12ClNO3S/c14-12-3-1-2-9(13(12)16)8-15-10-4-6-11(7-5-10)19(17)18/h1-7,15-16H,8H2,(H,17,18)/p-1. The van der Waals surface area contributed by atoms with Crippen molar-refractivity contribution in [2.45, 2.75) is 11.4 Å². The Labute approximate surface area is 118 Å². The zero-order chi connectivity index (χ0) is 13.8. The average Bonchev–Trinajstić information content (AvgIpc) is 2.41. The Hall–Kier alpha value is -1.56. The summed E-state index contributed by atoms with van der Waals surface area (Å²) in [6.45, 7) is 0.395. The van der Waals surface area contributed by atoms with Crippen LogP contribution in [0.4, 0.5) is 5.69 Å². The molecule has 2 aromatic rings. The molecule has 2 rings (SSSR count). The minimum Gasteiger partial charge on any atom is -0.768 e. The number of phenolic OH excluding ortho intramolecular Hbond substituents is 1. The first-order valence-electron chi connectivity index (χ1n) is 5.47. The second-order valence-electron chi connectivity index (χ2n) is 3.86. The Morgan fingerprint density at radius 1 is 1.21 bits per heavy atom. The van der Waals surface area contributed by atoms with Crippen molar-refractivity contribution in [1.82, 2.24) is 0 Å². The topological polar surface area (TPSA) is 72.4 Å². The van der Waals surface area contributed by atoms with Crippen LogP contribution in [0.15, 0.2) is 47.4 Å². The van der Waals surface area contributed by atoms with Crippen LogP contribution in [0.25, 0.3) is 0 Å². The Bertz CT molecular complexity index is 601. The molecule has 0 bridgehead atoms. The normalized spacial score (nSPS) is 12.1. The predicted octanol–water partition coefficient (Wildman–Crippen LogP) is 2.90. The summed E-state index contributed by atoms with van der Waals surface area (Å²) in [5.41, 5.74) is 1.43. The lowest BCUT2D eigenvalue weighted by molar-refractivity contribution is 0.469. The SMILES string of the molecule is O=S([O-])c1ccc(NCc2cccc(Cl)c2O)cc1. The summed E-state index contributed by atoms with van der Waals surface area (Å²) in [7, 11) is 0. The molecule has 0 aliphatic heterocycles. The molecule has 100 valence electrons. The van der Waals surface area contributed by atoms with Gasteiger partial charge in [-0.25, -0.2) is 0 Å². The maximum Gasteiger partial charge on any atom is 0.139 e. The second-order valence-corrected chi connectivity index (χ2v) is 5.21. The van der Waals surface area contributed by atoms with Gasteiger partial charge in [-0.1, -0.05) is 23.7 Å². The third kappa shape index (κ3) is 3.47. The van der Waals surface area contributed by atoms with Gasteiger partial charge in [0.2, 0.25) is 0 Å². The first-order chi connectivity index (χ1) is 9.08. The number of benzene rings is 2. The molecule has 6 heteroatoms. The van der Waals surface area contributed by atoms with Crippen molar-refractivity contribution in [1.29, 1.82) is 0 Å². The van der Waals surface area contributed by atoms with Crippen LogP contribution in [0.5, 0.6) is 5.75 Å². The number of phenols is 1. The number of para-hydroxylation sites is 1. The van der Waals surface area contributed by atoms with E-state index in [-0.39, 0.29) is 10.6 Å². The Morgan fingerprint density at radius 2 is 1.89 bits per heavy atom. The minimum atomic E-state index is -2.22. The van der Waals surface area contributed by atoms with Crippen LogP contribution in [0, 0.1) is 0 Å². The van der Waals surface area contributed by atoms with Crippen molar-refractivity contribution >= 4 is 28.4 Å². The Kier molecular flexibility index (Phi) is 4.42. The minimum absolute atomic E-state index is 0.0500. The van der Waals surface area contributed by atoms with E-state index in [1.54, 1.807) is 30.3 Å². The molecule has 2 aromatic carbocycles. The Morgan fingerprint density at radius 3 is 2.53 bits per heavy atom. The van der Waals surface area contributed by atoms with Gasteiger partial charge in [-0.15, -0.1) is 0 Å². The van der Waals surface area contributed by atoms with Crippen molar-refractivity contribution in [2.75, 3.05) is 5.32 Å². The van der Waals surface area contributed by atoms with E-state index in [2.05, 4.69) is 5.32 Å². The molecule has 1 atom stereocenters. The summed E-state index contributed by atoms with van der Waals surface area (Å²) in [5, 5.41) is 13.1. The number of anilines is 1. The van der Waals surface area contributed by atoms with Gasteiger partial charge in [-0.3, -0.25) is 4.21 Å². The molecule has 0 spiro atoms. The van der Waals surface area contributed by atoms with E-state index in [0.29, 0.717) is 17.1 Å². The highest BCUT2D eigenvalue weighted by atomic mass is 35.5. The van der Waals surface area contributed by atoms with Gasteiger partial charge in [0.1, 0.15) is 5.75 Å². The van der Waals surface area contributed by atoms with E-state index < -0.39 is 11.1 Å². The highest BCUT2D eigenvalue weighted by Gasteiger charge is 2.04. The number of rotatable bonds is 4. The summed E-state index contributed by atoms with van der Waals surface area (Å²) < 4.78 is 21.4. The predicted molar refractivity (Wildman–Crippen MR) is 74.1 cm³/mol. The zero-order valence-electron chi connectivity index (χ0n) is 9.80. The van der Waals surface area contributed by atoms with Gasteiger partial charge < -0.3 is 15.0 Å². The smallest absolute Gasteiger partial charge is 0.139 e. The molecule has 0 saturated heterocycles. The lowest BCUT2D eigenvalue weighted by atomic mass is 10.2. The zero-order valence-corrected chi connectivity index (χ0v) is 11.4. The third-order valence-electron chi connectivity index (χ3n) is 2.60. The molecule has 4 nitrogen and oxygen atoms in total. The van der Waals surface area contributed by atoms with Gasteiger partial charge in [-0.05, 0) is 41.4 Å². The highest BCUT2D eigenvalue weighted by molar-refractivity contribution is 7.79. The van der Waals surface area contributed by atoms with Crippen LogP contribution in [0.3, 0.4) is 0 Å². The number of nitrogens with one attached hydrogen (secondary N) is 1. The number of hydrogen-bond acceptors (Lipinski definition) is 4. The molecular weight excluding hydrogens is 286 g/mol. The van der Waals surface area contributed by atoms with Crippen molar-refractivity contribution in [3.05, 3.63) is 53.1 Å². The van der Waals surface area contributed by atoms with Crippen molar-refractivity contribution < 1.29 is 13.9 Å². The van der Waals surface area contributed by atoms with Crippen LogP contribution >= 0.6 is 11.6 Å². The van der Waals surface area contributed by atoms with E-state index >= 15 is 0 Å². The fourth-order valence-electron chi connectivity index (χ4n) is 1.58. The third-order valence-corrected chi connectivity index (χ3v) is 3.56. The largest absolute Gasteiger partial charge is 0.768 e. The fraction of sp³-hybridized carbons (Fsp3) is 0.0769. The monoisotopic (exact) mass is 296 g/mol. The number of hydrogen-bond donors (Lipinski definition) is 2. The maximum atomic E-state index is 10.7. The molecule has 0 amide bonds. The van der Waals surface area contributed by atoms with Crippen molar-refractivity contribution in [2.24, 2.45) is 0 Å². The number of halogens is 1. The fourth-order valence-corrected chi connectivity index (χ4v) is 2.14. The van der Waals surface area contributed by atoms with Crippen LogP contribution in [0.1, 0.15) is 5.56 Å². The van der Waals surface area contributed by atoms with E-state index in [4.69, 9.17) is 11.6 Å². The molecule has 2 N–H and O–H groups in total. The van der Waals surface area contributed by atoms with Gasteiger partial charge in [0.05, 0.1) is 5.02 Å². The van der Waals surface area contributed by atoms with Crippen molar-refractivity contribution in [3.63, 3.8) is 0 Å².